The fraction of sp³-hybridized carbons (Fsp3) is 0.235. The van der Waals surface area contributed by atoms with Gasteiger partial charge in [-0.2, -0.15) is 4.98 Å². The highest BCUT2D eigenvalue weighted by Gasteiger charge is 2.12. The molecule has 0 amide bonds. The molecule has 3 rings (SSSR count). The lowest BCUT2D eigenvalue weighted by Crippen LogP contribution is -1.92. The molecule has 0 bridgehead atoms. The number of halogens is 1. The second-order valence-electron chi connectivity index (χ2n) is 4.92. The maximum absolute atomic E-state index is 5.96. The Bertz CT molecular complexity index is 734. The van der Waals surface area contributed by atoms with Crippen molar-refractivity contribution < 1.29 is 4.74 Å². The minimum Gasteiger partial charge on any atom is -0.437 e. The third-order valence-electron chi connectivity index (χ3n) is 3.40. The highest BCUT2D eigenvalue weighted by Crippen LogP contribution is 2.27. The molecule has 0 unspecified atom stereocenters. The van der Waals surface area contributed by atoms with Gasteiger partial charge in [-0.15, -0.1) is 0 Å². The lowest BCUT2D eigenvalue weighted by Gasteiger charge is -2.05. The van der Waals surface area contributed by atoms with Crippen LogP contribution < -0.4 is 4.74 Å². The Hall–Kier alpha value is -1.81. The van der Waals surface area contributed by atoms with E-state index < -0.39 is 0 Å². The van der Waals surface area contributed by atoms with Crippen molar-refractivity contribution in [2.45, 2.75) is 25.1 Å². The van der Waals surface area contributed by atoms with E-state index in [-0.39, 0.29) is 0 Å². The molecule has 0 radical (unpaired) electrons. The highest BCUT2D eigenvalue weighted by atomic mass is 79.9. The molecule has 3 aromatic rings. The van der Waals surface area contributed by atoms with Crippen LogP contribution in [0.2, 0.25) is 0 Å². The summed E-state index contributed by atoms with van der Waals surface area (Å²) in [4.78, 5) is 4.55. The van der Waals surface area contributed by atoms with Gasteiger partial charge in [-0.3, -0.25) is 4.40 Å². The summed E-state index contributed by atoms with van der Waals surface area (Å²) in [6.45, 7) is 2.18. The molecule has 21 heavy (non-hydrogen) atoms. The molecular weight excluding hydrogens is 328 g/mol. The highest BCUT2D eigenvalue weighted by molar-refractivity contribution is 9.08. The molecular formula is C17H17BrN2O. The van der Waals surface area contributed by atoms with E-state index >= 15 is 0 Å². The summed E-state index contributed by atoms with van der Waals surface area (Å²) in [5.41, 5.74) is 3.24. The number of benzene rings is 1. The molecule has 2 aromatic heterocycles. The fourth-order valence-electron chi connectivity index (χ4n) is 2.35. The SMILES string of the molecule is CCCc1ccc(Oc2nc3ccccn3c2CBr)cc1. The molecule has 0 N–H and O–H groups in total. The first-order valence-electron chi connectivity index (χ1n) is 7.10. The number of nitrogens with zero attached hydrogens (tertiary/aromatic N) is 2. The van der Waals surface area contributed by atoms with Gasteiger partial charge in [0.2, 0.25) is 5.88 Å². The minimum absolute atomic E-state index is 0.654. The molecule has 0 aliphatic heterocycles. The van der Waals surface area contributed by atoms with Crippen LogP contribution in [-0.2, 0) is 11.8 Å². The van der Waals surface area contributed by atoms with Gasteiger partial charge in [0.05, 0.1) is 5.69 Å². The van der Waals surface area contributed by atoms with Crippen LogP contribution >= 0.6 is 15.9 Å². The number of aromatic nitrogens is 2. The largest absolute Gasteiger partial charge is 0.437 e. The third-order valence-corrected chi connectivity index (χ3v) is 3.93. The zero-order valence-electron chi connectivity index (χ0n) is 11.9. The van der Waals surface area contributed by atoms with Crippen molar-refractivity contribution in [3.8, 4) is 11.6 Å². The van der Waals surface area contributed by atoms with Gasteiger partial charge < -0.3 is 4.74 Å². The summed E-state index contributed by atoms with van der Waals surface area (Å²) in [6, 6.07) is 14.2. The quantitative estimate of drug-likeness (QED) is 0.610. The number of hydrogen-bond acceptors (Lipinski definition) is 2. The van der Waals surface area contributed by atoms with Crippen molar-refractivity contribution >= 4 is 21.6 Å². The molecule has 0 aliphatic carbocycles. The molecule has 0 atom stereocenters. The molecule has 0 spiro atoms. The fourth-order valence-corrected chi connectivity index (χ4v) is 2.86. The average Bonchev–Trinajstić information content (AvgIpc) is 2.86. The summed E-state index contributed by atoms with van der Waals surface area (Å²) < 4.78 is 7.99. The van der Waals surface area contributed by atoms with Crippen molar-refractivity contribution in [2.75, 3.05) is 0 Å². The van der Waals surface area contributed by atoms with Crippen LogP contribution in [0.1, 0.15) is 24.6 Å². The maximum atomic E-state index is 5.96. The van der Waals surface area contributed by atoms with Gasteiger partial charge >= 0.3 is 0 Å². The van der Waals surface area contributed by atoms with E-state index in [4.69, 9.17) is 4.74 Å². The molecule has 4 heteroatoms. The predicted molar refractivity (Wildman–Crippen MR) is 88.3 cm³/mol. The standard InChI is InChI=1S/C17H17BrN2O/c1-2-5-13-7-9-14(10-8-13)21-17-15(12-18)20-11-4-3-6-16(20)19-17/h3-4,6-11H,2,5,12H2,1H3. The molecule has 3 nitrogen and oxygen atoms in total. The van der Waals surface area contributed by atoms with Crippen LogP contribution in [0.5, 0.6) is 11.6 Å². The van der Waals surface area contributed by atoms with E-state index in [1.54, 1.807) is 0 Å². The van der Waals surface area contributed by atoms with Crippen molar-refractivity contribution in [3.63, 3.8) is 0 Å². The lowest BCUT2D eigenvalue weighted by molar-refractivity contribution is 0.461. The summed E-state index contributed by atoms with van der Waals surface area (Å²) in [6.07, 6.45) is 4.25. The Labute approximate surface area is 132 Å². The number of pyridine rings is 1. The minimum atomic E-state index is 0.654. The van der Waals surface area contributed by atoms with Crippen LogP contribution in [0.15, 0.2) is 48.7 Å². The van der Waals surface area contributed by atoms with E-state index in [1.165, 1.54) is 5.56 Å². The van der Waals surface area contributed by atoms with E-state index in [9.17, 15) is 0 Å². The first-order chi connectivity index (χ1) is 10.3. The summed E-state index contributed by atoms with van der Waals surface area (Å²) in [5.74, 6) is 1.47. The summed E-state index contributed by atoms with van der Waals surface area (Å²) >= 11 is 3.51. The first kappa shape index (κ1) is 14.1. The number of aryl methyl sites for hydroxylation is 1. The van der Waals surface area contributed by atoms with Crippen LogP contribution in [0.25, 0.3) is 5.65 Å². The molecule has 0 aliphatic rings. The monoisotopic (exact) mass is 344 g/mol. The van der Waals surface area contributed by atoms with E-state index in [0.29, 0.717) is 11.2 Å². The number of imidazole rings is 1. The van der Waals surface area contributed by atoms with Gasteiger partial charge in [-0.05, 0) is 36.2 Å². The molecule has 0 saturated carbocycles. The van der Waals surface area contributed by atoms with Gasteiger partial charge in [-0.1, -0.05) is 47.5 Å². The second-order valence-corrected chi connectivity index (χ2v) is 5.48. The third kappa shape index (κ3) is 2.95. The van der Waals surface area contributed by atoms with E-state index in [1.807, 2.05) is 40.9 Å². The van der Waals surface area contributed by atoms with Crippen LogP contribution in [0.4, 0.5) is 0 Å². The Morgan fingerprint density at radius 2 is 1.95 bits per heavy atom. The lowest BCUT2D eigenvalue weighted by atomic mass is 10.1. The number of rotatable bonds is 5. The van der Waals surface area contributed by atoms with Crippen molar-refractivity contribution in [1.29, 1.82) is 0 Å². The average molecular weight is 345 g/mol. The summed E-state index contributed by atoms with van der Waals surface area (Å²) in [7, 11) is 0. The Morgan fingerprint density at radius 3 is 2.67 bits per heavy atom. The van der Waals surface area contributed by atoms with Gasteiger partial charge in [-0.25, -0.2) is 0 Å². The van der Waals surface area contributed by atoms with Crippen molar-refractivity contribution in [1.82, 2.24) is 9.38 Å². The van der Waals surface area contributed by atoms with Crippen LogP contribution in [0.3, 0.4) is 0 Å². The zero-order valence-corrected chi connectivity index (χ0v) is 13.5. The summed E-state index contributed by atoms with van der Waals surface area (Å²) in [5, 5.41) is 0.696. The van der Waals surface area contributed by atoms with Gasteiger partial charge in [0.1, 0.15) is 11.4 Å². The topological polar surface area (TPSA) is 26.5 Å². The van der Waals surface area contributed by atoms with Crippen LogP contribution in [-0.4, -0.2) is 9.38 Å². The smallest absolute Gasteiger partial charge is 0.242 e. The number of ether oxygens (including phenoxy) is 1. The molecule has 0 fully saturated rings. The number of hydrogen-bond donors (Lipinski definition) is 0. The van der Waals surface area contributed by atoms with Gasteiger partial charge in [0, 0.05) is 11.5 Å². The van der Waals surface area contributed by atoms with E-state index in [2.05, 4.69) is 40.0 Å². The maximum Gasteiger partial charge on any atom is 0.242 e. The molecule has 108 valence electrons. The Kier molecular flexibility index (Phi) is 4.25. The Balaban J connectivity index is 1.90. The van der Waals surface area contributed by atoms with E-state index in [0.717, 1.165) is 29.9 Å². The molecule has 2 heterocycles. The normalized spacial score (nSPS) is 11.0. The zero-order chi connectivity index (χ0) is 14.7. The second kappa shape index (κ2) is 6.31. The molecule has 1 aromatic carbocycles. The van der Waals surface area contributed by atoms with Crippen molar-refractivity contribution in [2.24, 2.45) is 0 Å². The number of alkyl halides is 1. The van der Waals surface area contributed by atoms with Gasteiger partial charge in [0.25, 0.3) is 0 Å². The Morgan fingerprint density at radius 1 is 1.14 bits per heavy atom. The van der Waals surface area contributed by atoms with Crippen LogP contribution in [0, 0.1) is 0 Å². The first-order valence-corrected chi connectivity index (χ1v) is 8.22. The molecule has 0 saturated heterocycles. The predicted octanol–water partition coefficient (Wildman–Crippen LogP) is 4.97. The number of fused-ring (bicyclic) bond motifs is 1. The van der Waals surface area contributed by atoms with Gasteiger partial charge in [0.15, 0.2) is 0 Å². The van der Waals surface area contributed by atoms with Crippen molar-refractivity contribution in [3.05, 3.63) is 59.9 Å².